The first-order valence-electron chi connectivity index (χ1n) is 22.0. The third kappa shape index (κ3) is 10.2. The van der Waals surface area contributed by atoms with Gasteiger partial charge in [-0.1, -0.05) is 44.2 Å². The molecule has 0 radical (unpaired) electrons. The van der Waals surface area contributed by atoms with Gasteiger partial charge in [-0.05, 0) is 92.5 Å². The van der Waals surface area contributed by atoms with Crippen molar-refractivity contribution in [2.75, 3.05) is 30.8 Å². The van der Waals surface area contributed by atoms with Gasteiger partial charge < -0.3 is 25.7 Å². The molecule has 3 aromatic heterocycles. The van der Waals surface area contributed by atoms with E-state index < -0.39 is 41.5 Å². The van der Waals surface area contributed by atoms with Crippen molar-refractivity contribution in [1.29, 1.82) is 0 Å². The fourth-order valence-electron chi connectivity index (χ4n) is 8.13. The van der Waals surface area contributed by atoms with Crippen LogP contribution in [0, 0.1) is 5.92 Å². The predicted octanol–water partition coefficient (Wildman–Crippen LogP) is 5.54. The number of aromatic nitrogens is 4. The molecule has 1 aliphatic carbocycles. The maximum Gasteiger partial charge on any atom is 0.277 e. The summed E-state index contributed by atoms with van der Waals surface area (Å²) >= 11 is 0. The second-order valence-corrected chi connectivity index (χ2v) is 16.7. The SMILES string of the molecule is CN(CCCCCCCCCc1cccc2c1C(=O)N(C1CCC(=O)NC1=O)C2=O)C(=O)c1ccc(-n2cc(NC(=O)c3coc(-c4ccnc(NCC5CC5)c4)n3)c(C(N)=O)n2)cc1. The van der Waals surface area contributed by atoms with Crippen LogP contribution in [0.2, 0.25) is 0 Å². The van der Waals surface area contributed by atoms with Gasteiger partial charge in [-0.15, -0.1) is 0 Å². The van der Waals surface area contributed by atoms with Crippen LogP contribution < -0.4 is 21.7 Å². The van der Waals surface area contributed by atoms with Crippen LogP contribution in [0.1, 0.15) is 128 Å². The fourth-order valence-corrected chi connectivity index (χ4v) is 8.13. The number of pyridine rings is 1. The third-order valence-corrected chi connectivity index (χ3v) is 11.9. The quantitative estimate of drug-likeness (QED) is 0.0556. The second kappa shape index (κ2) is 19.5. The number of fused-ring (bicyclic) bond motifs is 1. The second-order valence-electron chi connectivity index (χ2n) is 16.7. The average Bonchev–Trinajstić information content (AvgIpc) is 3.71. The van der Waals surface area contributed by atoms with Crippen LogP contribution >= 0.6 is 0 Å². The number of hydrogen-bond donors (Lipinski definition) is 4. The van der Waals surface area contributed by atoms with E-state index in [4.69, 9.17) is 10.2 Å². The molecule has 65 heavy (non-hydrogen) atoms. The van der Waals surface area contributed by atoms with E-state index in [2.05, 4.69) is 31.0 Å². The topological polar surface area (TPSA) is 245 Å². The van der Waals surface area contributed by atoms with Crippen LogP contribution in [0.25, 0.3) is 17.1 Å². The number of nitrogens with one attached hydrogen (secondary N) is 3. The zero-order valence-electron chi connectivity index (χ0n) is 36.0. The Morgan fingerprint density at radius 1 is 0.923 bits per heavy atom. The van der Waals surface area contributed by atoms with E-state index in [-0.39, 0.29) is 41.7 Å². The first-order valence-corrected chi connectivity index (χ1v) is 22.0. The lowest BCUT2D eigenvalue weighted by Crippen LogP contribution is -2.54. The molecule has 2 aromatic carbocycles. The van der Waals surface area contributed by atoms with Crippen LogP contribution in [-0.2, 0) is 16.0 Å². The Kier molecular flexibility index (Phi) is 13.2. The first-order chi connectivity index (χ1) is 31.4. The van der Waals surface area contributed by atoms with Gasteiger partial charge in [-0.25, -0.2) is 14.6 Å². The molecule has 1 saturated heterocycles. The molecule has 0 spiro atoms. The summed E-state index contributed by atoms with van der Waals surface area (Å²) in [5.74, 6) is -2.02. The maximum absolute atomic E-state index is 13.4. The summed E-state index contributed by atoms with van der Waals surface area (Å²) in [6.07, 6.45) is 14.2. The number of aryl methyl sites for hydroxylation is 1. The summed E-state index contributed by atoms with van der Waals surface area (Å²) in [5, 5.41) is 12.5. The summed E-state index contributed by atoms with van der Waals surface area (Å²) in [5.41, 5.74) is 8.64. The van der Waals surface area contributed by atoms with Crippen LogP contribution in [0.3, 0.4) is 0 Å². The molecule has 336 valence electrons. The van der Waals surface area contributed by atoms with E-state index in [0.717, 1.165) is 62.0 Å². The van der Waals surface area contributed by atoms with Gasteiger partial charge in [0.1, 0.15) is 18.1 Å². The van der Waals surface area contributed by atoms with Crippen molar-refractivity contribution in [3.63, 3.8) is 0 Å². The van der Waals surface area contributed by atoms with Crippen molar-refractivity contribution < 1.29 is 38.0 Å². The maximum atomic E-state index is 13.4. The van der Waals surface area contributed by atoms with Gasteiger partial charge >= 0.3 is 0 Å². The number of amides is 7. The highest BCUT2D eigenvalue weighted by molar-refractivity contribution is 6.24. The largest absolute Gasteiger partial charge is 0.444 e. The van der Waals surface area contributed by atoms with Crippen molar-refractivity contribution in [2.45, 2.75) is 83.1 Å². The van der Waals surface area contributed by atoms with Crippen molar-refractivity contribution in [1.82, 2.24) is 34.9 Å². The van der Waals surface area contributed by atoms with Gasteiger partial charge in [0.25, 0.3) is 29.5 Å². The number of carbonyl (C=O) groups excluding carboxylic acids is 7. The van der Waals surface area contributed by atoms with Crippen molar-refractivity contribution in [3.05, 3.63) is 107 Å². The van der Waals surface area contributed by atoms with Gasteiger partial charge in [0.05, 0.1) is 28.7 Å². The predicted molar refractivity (Wildman–Crippen MR) is 237 cm³/mol. The van der Waals surface area contributed by atoms with E-state index in [1.165, 1.54) is 30.0 Å². The number of oxazole rings is 1. The lowest BCUT2D eigenvalue weighted by Gasteiger charge is -2.27. The summed E-state index contributed by atoms with van der Waals surface area (Å²) in [6.45, 7) is 1.43. The van der Waals surface area contributed by atoms with E-state index in [9.17, 15) is 33.6 Å². The molecular formula is C47H50N10O8. The Labute approximate surface area is 374 Å². The van der Waals surface area contributed by atoms with Gasteiger partial charge in [-0.2, -0.15) is 5.10 Å². The van der Waals surface area contributed by atoms with Crippen LogP contribution in [0.5, 0.6) is 0 Å². The number of carbonyl (C=O) groups is 7. The lowest BCUT2D eigenvalue weighted by molar-refractivity contribution is -0.136. The number of unbranched alkanes of at least 4 members (excludes halogenated alkanes) is 6. The molecule has 5 heterocycles. The molecule has 0 bridgehead atoms. The minimum absolute atomic E-state index is 0.0110. The molecular weight excluding hydrogens is 833 g/mol. The molecule has 5 N–H and O–H groups in total. The molecule has 1 unspecified atom stereocenters. The number of anilines is 2. The highest BCUT2D eigenvalue weighted by Crippen LogP contribution is 2.32. The molecule has 3 aliphatic rings. The Morgan fingerprint density at radius 3 is 2.42 bits per heavy atom. The standard InChI is InChI=1S/C47H50N10O8/c1-55(23-8-6-4-2-3-5-7-10-29-11-9-12-33-39(29)47(64)57(46(33)63)36-19-20-38(58)53-43(36)61)45(62)30-15-17-32(18-16-30)56-26-34(40(54-56)41(48)59)51-42(60)35-27-65-44(52-35)31-21-22-49-37(24-31)50-25-28-13-14-28/h9,11-12,15-18,21-22,24,26-28,36H,2-8,10,13-14,19-20,23,25H2,1H3,(H2,48,59)(H,49,50)(H,51,60)(H,53,58,61). The van der Waals surface area contributed by atoms with Crippen LogP contribution in [0.15, 0.2) is 77.7 Å². The molecule has 2 aliphatic heterocycles. The van der Waals surface area contributed by atoms with Crippen LogP contribution in [0.4, 0.5) is 11.5 Å². The van der Waals surface area contributed by atoms with Crippen molar-refractivity contribution in [3.8, 4) is 17.1 Å². The first kappa shape index (κ1) is 44.1. The lowest BCUT2D eigenvalue weighted by atomic mass is 9.97. The smallest absolute Gasteiger partial charge is 0.277 e. The number of rotatable bonds is 20. The number of hydrogen-bond acceptors (Lipinski definition) is 12. The molecule has 5 aromatic rings. The summed E-state index contributed by atoms with van der Waals surface area (Å²) in [7, 11) is 1.76. The summed E-state index contributed by atoms with van der Waals surface area (Å²) in [6, 6.07) is 14.5. The number of piperidine rings is 1. The molecule has 7 amide bonds. The molecule has 18 heteroatoms. The van der Waals surface area contributed by atoms with Crippen molar-refractivity contribution >= 4 is 52.9 Å². The monoisotopic (exact) mass is 882 g/mol. The highest BCUT2D eigenvalue weighted by Gasteiger charge is 2.45. The van der Waals surface area contributed by atoms with Gasteiger partial charge in [0.2, 0.25) is 17.7 Å². The molecule has 2 fully saturated rings. The Balaban J connectivity index is 0.758. The highest BCUT2D eigenvalue weighted by atomic mass is 16.3. The number of imide groups is 2. The van der Waals surface area contributed by atoms with E-state index in [0.29, 0.717) is 52.6 Å². The summed E-state index contributed by atoms with van der Waals surface area (Å²) in [4.78, 5) is 101. The van der Waals surface area contributed by atoms with Gasteiger partial charge in [0.15, 0.2) is 11.4 Å². The number of primary amides is 1. The Hall–Kier alpha value is -7.50. The summed E-state index contributed by atoms with van der Waals surface area (Å²) < 4.78 is 6.99. The Morgan fingerprint density at radius 2 is 1.68 bits per heavy atom. The van der Waals surface area contributed by atoms with Crippen LogP contribution in [-0.4, -0.2) is 97.1 Å². The number of nitrogens with two attached hydrogens (primary N) is 1. The van der Waals surface area contributed by atoms with E-state index in [1.54, 1.807) is 66.7 Å². The Bertz CT molecular complexity index is 2650. The fraction of sp³-hybridized carbons (Fsp3) is 0.362. The van der Waals surface area contributed by atoms with Gasteiger partial charge in [0, 0.05) is 43.9 Å². The zero-order valence-corrected chi connectivity index (χ0v) is 36.0. The van der Waals surface area contributed by atoms with E-state index >= 15 is 0 Å². The average molecular weight is 883 g/mol. The zero-order chi connectivity index (χ0) is 45.6. The molecule has 1 atom stereocenters. The van der Waals surface area contributed by atoms with E-state index in [1.807, 2.05) is 6.07 Å². The molecule has 1 saturated carbocycles. The number of benzene rings is 2. The molecule has 18 nitrogen and oxygen atoms in total. The third-order valence-electron chi connectivity index (χ3n) is 11.9. The van der Waals surface area contributed by atoms with Crippen molar-refractivity contribution in [2.24, 2.45) is 11.7 Å². The molecule has 8 rings (SSSR count). The minimum atomic E-state index is -0.985. The normalized spacial score (nSPS) is 15.8. The van der Waals surface area contributed by atoms with Gasteiger partial charge in [-0.3, -0.25) is 43.8 Å². The minimum Gasteiger partial charge on any atom is -0.444 e. The number of nitrogens with zero attached hydrogens (tertiary/aromatic N) is 6.